The maximum atomic E-state index is 13.9. The van der Waals surface area contributed by atoms with Gasteiger partial charge in [-0.25, -0.2) is 12.8 Å². The highest BCUT2D eigenvalue weighted by molar-refractivity contribution is 7.89. The molecule has 0 aliphatic heterocycles. The number of rotatable bonds is 7. The lowest BCUT2D eigenvalue weighted by atomic mass is 10.2. The fourth-order valence-electron chi connectivity index (χ4n) is 2.54. The molecule has 140 valence electrons. The van der Waals surface area contributed by atoms with E-state index in [4.69, 9.17) is 11.6 Å². The van der Waals surface area contributed by atoms with Crippen LogP contribution in [0.2, 0.25) is 5.02 Å². The molecule has 0 aromatic heterocycles. The summed E-state index contributed by atoms with van der Waals surface area (Å²) in [4.78, 5) is -0.160. The molecule has 1 aliphatic carbocycles. The third-order valence-corrected chi connectivity index (χ3v) is 6.15. The molecule has 4 nitrogen and oxygen atoms in total. The minimum Gasteiger partial charge on any atom is -0.433 e. The highest BCUT2D eigenvalue weighted by Crippen LogP contribution is 2.36. The van der Waals surface area contributed by atoms with Crippen LogP contribution in [0, 0.1) is 5.82 Å². The average molecular weight is 406 g/mol. The number of hydrogen-bond donors (Lipinski definition) is 0. The summed E-state index contributed by atoms with van der Waals surface area (Å²) in [5.41, 5.74) is 0.256. The molecule has 0 radical (unpaired) electrons. The van der Waals surface area contributed by atoms with Gasteiger partial charge in [0, 0.05) is 18.2 Å². The first-order chi connectivity index (χ1) is 12.3. The zero-order chi connectivity index (χ0) is 18.9. The van der Waals surface area contributed by atoms with E-state index in [1.165, 1.54) is 22.5 Å². The van der Waals surface area contributed by atoms with Gasteiger partial charge >= 0.3 is 6.61 Å². The van der Waals surface area contributed by atoms with Gasteiger partial charge in [-0.3, -0.25) is 0 Å². The van der Waals surface area contributed by atoms with Crippen LogP contribution in [-0.4, -0.2) is 25.4 Å². The first-order valence-electron chi connectivity index (χ1n) is 7.78. The molecule has 2 aromatic carbocycles. The molecule has 0 unspecified atom stereocenters. The normalized spacial score (nSPS) is 14.8. The summed E-state index contributed by atoms with van der Waals surface area (Å²) in [7, 11) is -3.98. The molecule has 0 bridgehead atoms. The Hall–Kier alpha value is -1.77. The summed E-state index contributed by atoms with van der Waals surface area (Å²) in [6, 6.07) is 9.00. The maximum absolute atomic E-state index is 13.9. The molecule has 2 aromatic rings. The van der Waals surface area contributed by atoms with Gasteiger partial charge in [0.2, 0.25) is 10.0 Å². The van der Waals surface area contributed by atoms with Gasteiger partial charge in [-0.05, 0) is 37.1 Å². The summed E-state index contributed by atoms with van der Waals surface area (Å²) >= 11 is 5.86. The molecule has 0 atom stereocenters. The Kier molecular flexibility index (Phi) is 5.45. The molecule has 0 N–H and O–H groups in total. The monoisotopic (exact) mass is 405 g/mol. The van der Waals surface area contributed by atoms with Crippen LogP contribution < -0.4 is 4.74 Å². The molecular formula is C17H15ClF3NO3S. The number of halogens is 4. The molecule has 1 fully saturated rings. The van der Waals surface area contributed by atoms with E-state index in [0.29, 0.717) is 12.8 Å². The van der Waals surface area contributed by atoms with Crippen molar-refractivity contribution in [1.29, 1.82) is 0 Å². The summed E-state index contributed by atoms with van der Waals surface area (Å²) in [6.07, 6.45) is 1.35. The smallest absolute Gasteiger partial charge is 0.387 e. The van der Waals surface area contributed by atoms with E-state index in [9.17, 15) is 21.6 Å². The van der Waals surface area contributed by atoms with E-state index in [1.807, 2.05) is 0 Å². The summed E-state index contributed by atoms with van der Waals surface area (Å²) in [6.45, 7) is -3.19. The van der Waals surface area contributed by atoms with Crippen molar-refractivity contribution in [1.82, 2.24) is 4.31 Å². The Balaban J connectivity index is 1.91. The van der Waals surface area contributed by atoms with Crippen LogP contribution in [0.5, 0.6) is 5.75 Å². The van der Waals surface area contributed by atoms with Crippen molar-refractivity contribution in [2.75, 3.05) is 0 Å². The van der Waals surface area contributed by atoms with Gasteiger partial charge in [-0.15, -0.1) is 0 Å². The van der Waals surface area contributed by atoms with Crippen molar-refractivity contribution >= 4 is 21.6 Å². The molecule has 0 heterocycles. The molecule has 1 saturated carbocycles. The first kappa shape index (κ1) is 19.0. The number of hydrogen-bond acceptors (Lipinski definition) is 3. The number of sulfonamides is 1. The Morgan fingerprint density at radius 3 is 2.46 bits per heavy atom. The van der Waals surface area contributed by atoms with Crippen molar-refractivity contribution in [3.05, 3.63) is 58.9 Å². The molecule has 0 amide bonds. The van der Waals surface area contributed by atoms with Crippen molar-refractivity contribution in [2.45, 2.75) is 36.9 Å². The second-order valence-electron chi connectivity index (χ2n) is 5.84. The predicted octanol–water partition coefficient (Wildman–Crippen LogP) is 4.43. The lowest BCUT2D eigenvalue weighted by Crippen LogP contribution is -2.33. The van der Waals surface area contributed by atoms with E-state index >= 15 is 0 Å². The Morgan fingerprint density at radius 2 is 1.88 bits per heavy atom. The molecule has 3 rings (SSSR count). The number of benzene rings is 2. The Labute approximate surface area is 154 Å². The average Bonchev–Trinajstić information content (AvgIpc) is 3.40. The quantitative estimate of drug-likeness (QED) is 0.684. The SMILES string of the molecule is O=S(=O)(c1ccc(OC(F)F)c(Cl)c1)N(Cc1ccccc1F)C1CC1. The van der Waals surface area contributed by atoms with E-state index in [-0.39, 0.29) is 33.8 Å². The zero-order valence-corrected chi connectivity index (χ0v) is 15.0. The van der Waals surface area contributed by atoms with Gasteiger partial charge in [0.1, 0.15) is 11.6 Å². The Morgan fingerprint density at radius 1 is 1.19 bits per heavy atom. The van der Waals surface area contributed by atoms with Crippen molar-refractivity contribution < 1.29 is 26.3 Å². The summed E-state index contributed by atoms with van der Waals surface area (Å²) in [5.74, 6) is -0.806. The van der Waals surface area contributed by atoms with Gasteiger partial charge in [0.05, 0.1) is 9.92 Å². The lowest BCUT2D eigenvalue weighted by Gasteiger charge is -2.22. The van der Waals surface area contributed by atoms with Gasteiger partial charge in [0.15, 0.2) is 0 Å². The van der Waals surface area contributed by atoms with Gasteiger partial charge in [-0.2, -0.15) is 13.1 Å². The van der Waals surface area contributed by atoms with Crippen LogP contribution in [0.25, 0.3) is 0 Å². The molecule has 1 aliphatic rings. The number of alkyl halides is 2. The first-order valence-corrected chi connectivity index (χ1v) is 9.60. The molecule has 0 spiro atoms. The van der Waals surface area contributed by atoms with E-state index in [0.717, 1.165) is 18.2 Å². The topological polar surface area (TPSA) is 46.6 Å². The van der Waals surface area contributed by atoms with Crippen molar-refractivity contribution in [2.24, 2.45) is 0 Å². The standard InChI is InChI=1S/C17H15ClF3NO3S/c18-14-9-13(7-8-16(14)25-17(20)21)26(23,24)22(12-5-6-12)10-11-3-1-2-4-15(11)19/h1-4,7-9,12,17H,5-6,10H2. The third kappa shape index (κ3) is 4.13. The zero-order valence-electron chi connectivity index (χ0n) is 13.4. The Bertz CT molecular complexity index is 904. The minimum absolute atomic E-state index is 0.118. The fraction of sp³-hybridized carbons (Fsp3) is 0.294. The molecular weight excluding hydrogens is 391 g/mol. The second-order valence-corrected chi connectivity index (χ2v) is 8.14. The van der Waals surface area contributed by atoms with Gasteiger partial charge in [-0.1, -0.05) is 29.8 Å². The highest BCUT2D eigenvalue weighted by Gasteiger charge is 2.38. The number of ether oxygens (including phenoxy) is 1. The predicted molar refractivity (Wildman–Crippen MR) is 90.2 cm³/mol. The van der Waals surface area contributed by atoms with Crippen LogP contribution in [0.3, 0.4) is 0 Å². The van der Waals surface area contributed by atoms with Gasteiger partial charge in [0.25, 0.3) is 0 Å². The van der Waals surface area contributed by atoms with Crippen LogP contribution >= 0.6 is 11.6 Å². The van der Waals surface area contributed by atoms with E-state index in [2.05, 4.69) is 4.74 Å². The maximum Gasteiger partial charge on any atom is 0.387 e. The fourth-order valence-corrected chi connectivity index (χ4v) is 4.52. The van der Waals surface area contributed by atoms with Crippen LogP contribution in [0.15, 0.2) is 47.4 Å². The van der Waals surface area contributed by atoms with Crippen molar-refractivity contribution in [3.63, 3.8) is 0 Å². The van der Waals surface area contributed by atoms with E-state index in [1.54, 1.807) is 6.07 Å². The van der Waals surface area contributed by atoms with E-state index < -0.39 is 22.5 Å². The second kappa shape index (κ2) is 7.46. The minimum atomic E-state index is -3.98. The molecule has 9 heteroatoms. The van der Waals surface area contributed by atoms with Crippen molar-refractivity contribution in [3.8, 4) is 5.75 Å². The van der Waals surface area contributed by atoms with Crippen LogP contribution in [0.4, 0.5) is 13.2 Å². The highest BCUT2D eigenvalue weighted by atomic mass is 35.5. The summed E-state index contributed by atoms with van der Waals surface area (Å²) in [5, 5.41) is -0.243. The summed E-state index contributed by atoms with van der Waals surface area (Å²) < 4.78 is 69.9. The third-order valence-electron chi connectivity index (χ3n) is 3.96. The molecule has 0 saturated heterocycles. The van der Waals surface area contributed by atoms with Crippen LogP contribution in [0.1, 0.15) is 18.4 Å². The largest absolute Gasteiger partial charge is 0.433 e. The molecule has 26 heavy (non-hydrogen) atoms. The number of nitrogens with zero attached hydrogens (tertiary/aromatic N) is 1. The van der Waals surface area contributed by atoms with Crippen LogP contribution in [-0.2, 0) is 16.6 Å². The lowest BCUT2D eigenvalue weighted by molar-refractivity contribution is -0.0498. The van der Waals surface area contributed by atoms with Gasteiger partial charge < -0.3 is 4.74 Å².